The highest BCUT2D eigenvalue weighted by atomic mass is 16.3. The molecule has 2 heterocycles. The van der Waals surface area contributed by atoms with Crippen LogP contribution in [0.5, 0.6) is 0 Å². The monoisotopic (exact) mass is 309 g/mol. The average molecular weight is 309 g/mol. The lowest BCUT2D eigenvalue weighted by atomic mass is 10.1. The Morgan fingerprint density at radius 3 is 2.43 bits per heavy atom. The summed E-state index contributed by atoms with van der Waals surface area (Å²) in [5.41, 5.74) is 6.25. The van der Waals surface area contributed by atoms with Gasteiger partial charge in [-0.3, -0.25) is 4.57 Å². The Bertz CT molecular complexity index is 832. The number of rotatable bonds is 4. The van der Waals surface area contributed by atoms with Crippen LogP contribution in [0.25, 0.3) is 16.9 Å². The zero-order valence-electron chi connectivity index (χ0n) is 14.2. The summed E-state index contributed by atoms with van der Waals surface area (Å²) in [6, 6.07) is 10.4. The fourth-order valence-corrected chi connectivity index (χ4v) is 3.04. The van der Waals surface area contributed by atoms with E-state index in [1.54, 1.807) is 0 Å². The van der Waals surface area contributed by atoms with Gasteiger partial charge in [-0.25, -0.2) is 9.97 Å². The molecule has 3 aromatic rings. The van der Waals surface area contributed by atoms with Gasteiger partial charge in [0.05, 0.1) is 6.10 Å². The molecule has 0 saturated carbocycles. The molecule has 0 fully saturated rings. The van der Waals surface area contributed by atoms with Crippen molar-refractivity contribution < 1.29 is 5.11 Å². The zero-order chi connectivity index (χ0) is 16.6. The number of benzene rings is 1. The Balaban J connectivity index is 2.14. The first-order chi connectivity index (χ1) is 11.0. The molecule has 3 rings (SSSR count). The minimum Gasteiger partial charge on any atom is -0.393 e. The van der Waals surface area contributed by atoms with Gasteiger partial charge in [0.1, 0.15) is 11.3 Å². The number of pyridine rings is 1. The molecule has 0 aliphatic carbocycles. The topological polar surface area (TPSA) is 50.9 Å². The molecule has 0 bridgehead atoms. The van der Waals surface area contributed by atoms with Crippen molar-refractivity contribution in [3.63, 3.8) is 0 Å². The molecule has 0 aliphatic rings. The van der Waals surface area contributed by atoms with E-state index in [2.05, 4.69) is 48.7 Å². The number of aliphatic hydroxyl groups is 1. The quantitative estimate of drug-likeness (QED) is 0.802. The van der Waals surface area contributed by atoms with Gasteiger partial charge in [0.25, 0.3) is 0 Å². The maximum absolute atomic E-state index is 9.52. The predicted molar refractivity (Wildman–Crippen MR) is 93.1 cm³/mol. The van der Waals surface area contributed by atoms with Crippen LogP contribution in [0.2, 0.25) is 0 Å². The molecule has 0 amide bonds. The normalized spacial score (nSPS) is 12.7. The third-order valence-electron chi connectivity index (χ3n) is 4.05. The van der Waals surface area contributed by atoms with Gasteiger partial charge in [0.15, 0.2) is 5.65 Å². The molecular formula is C19H23N3O. The van der Waals surface area contributed by atoms with E-state index in [4.69, 9.17) is 9.97 Å². The highest BCUT2D eigenvalue weighted by Gasteiger charge is 2.14. The van der Waals surface area contributed by atoms with Crippen molar-refractivity contribution in [2.45, 2.75) is 46.6 Å². The SMILES string of the molecule is CCc1nc2c(C)cc(C)nc2n1-c1ccc(CC(C)O)cc1. The standard InChI is InChI=1S/C19H23N3O/c1-5-17-21-18-12(2)10-13(3)20-19(18)22(17)16-8-6-15(7-9-16)11-14(4)23/h6-10,14,23H,5,11H2,1-4H3. The number of aryl methyl sites for hydroxylation is 3. The van der Waals surface area contributed by atoms with E-state index in [1.807, 2.05) is 13.8 Å². The first-order valence-electron chi connectivity index (χ1n) is 8.12. The zero-order valence-corrected chi connectivity index (χ0v) is 14.2. The minimum atomic E-state index is -0.326. The Morgan fingerprint density at radius 1 is 1.13 bits per heavy atom. The summed E-state index contributed by atoms with van der Waals surface area (Å²) in [7, 11) is 0. The highest BCUT2D eigenvalue weighted by Crippen LogP contribution is 2.24. The number of imidazole rings is 1. The summed E-state index contributed by atoms with van der Waals surface area (Å²) in [5.74, 6) is 1.02. The van der Waals surface area contributed by atoms with Crippen molar-refractivity contribution in [1.29, 1.82) is 0 Å². The molecule has 4 heteroatoms. The second-order valence-corrected chi connectivity index (χ2v) is 6.19. The van der Waals surface area contributed by atoms with Crippen molar-refractivity contribution >= 4 is 11.2 Å². The Hall–Kier alpha value is -2.20. The number of nitrogens with zero attached hydrogens (tertiary/aromatic N) is 3. The van der Waals surface area contributed by atoms with Crippen LogP contribution >= 0.6 is 0 Å². The van der Waals surface area contributed by atoms with Crippen molar-refractivity contribution in [3.05, 3.63) is 53.0 Å². The van der Waals surface area contributed by atoms with E-state index in [0.29, 0.717) is 6.42 Å². The van der Waals surface area contributed by atoms with Crippen LogP contribution in [-0.4, -0.2) is 25.7 Å². The second kappa shape index (κ2) is 6.13. The van der Waals surface area contributed by atoms with E-state index in [0.717, 1.165) is 45.9 Å². The predicted octanol–water partition coefficient (Wildman–Crippen LogP) is 3.52. The summed E-state index contributed by atoms with van der Waals surface area (Å²) in [6.07, 6.45) is 1.19. The Morgan fingerprint density at radius 2 is 1.83 bits per heavy atom. The molecule has 4 nitrogen and oxygen atoms in total. The van der Waals surface area contributed by atoms with Crippen molar-refractivity contribution in [2.75, 3.05) is 0 Å². The largest absolute Gasteiger partial charge is 0.393 e. The molecule has 1 N–H and O–H groups in total. The first kappa shape index (κ1) is 15.7. The van der Waals surface area contributed by atoms with Crippen LogP contribution in [0.4, 0.5) is 0 Å². The molecule has 2 aromatic heterocycles. The Labute approximate surface area is 136 Å². The fourth-order valence-electron chi connectivity index (χ4n) is 3.04. The van der Waals surface area contributed by atoms with Crippen LogP contribution in [0.1, 0.15) is 36.5 Å². The van der Waals surface area contributed by atoms with Crippen molar-refractivity contribution in [1.82, 2.24) is 14.5 Å². The fraction of sp³-hybridized carbons (Fsp3) is 0.368. The average Bonchev–Trinajstić information content (AvgIpc) is 2.86. The summed E-state index contributed by atoms with van der Waals surface area (Å²) >= 11 is 0. The molecule has 1 unspecified atom stereocenters. The maximum atomic E-state index is 9.52. The van der Waals surface area contributed by atoms with Crippen LogP contribution < -0.4 is 0 Å². The highest BCUT2D eigenvalue weighted by molar-refractivity contribution is 5.78. The smallest absolute Gasteiger partial charge is 0.165 e. The number of hydrogen-bond donors (Lipinski definition) is 1. The summed E-state index contributed by atoms with van der Waals surface area (Å²) in [5, 5.41) is 9.52. The number of aliphatic hydroxyl groups excluding tert-OH is 1. The lowest BCUT2D eigenvalue weighted by Crippen LogP contribution is -2.05. The molecule has 0 saturated heterocycles. The van der Waals surface area contributed by atoms with Gasteiger partial charge >= 0.3 is 0 Å². The van der Waals surface area contributed by atoms with Crippen LogP contribution in [0.15, 0.2) is 30.3 Å². The molecular weight excluding hydrogens is 286 g/mol. The molecule has 1 atom stereocenters. The number of aromatic nitrogens is 3. The molecule has 0 spiro atoms. The first-order valence-corrected chi connectivity index (χ1v) is 8.12. The maximum Gasteiger partial charge on any atom is 0.165 e. The molecule has 120 valence electrons. The van der Waals surface area contributed by atoms with E-state index >= 15 is 0 Å². The Kier molecular flexibility index (Phi) is 4.18. The van der Waals surface area contributed by atoms with E-state index < -0.39 is 0 Å². The minimum absolute atomic E-state index is 0.326. The van der Waals surface area contributed by atoms with Gasteiger partial charge in [-0.1, -0.05) is 19.1 Å². The molecule has 0 radical (unpaired) electrons. The van der Waals surface area contributed by atoms with Gasteiger partial charge in [-0.2, -0.15) is 0 Å². The van der Waals surface area contributed by atoms with Crippen LogP contribution in [0.3, 0.4) is 0 Å². The molecule has 1 aromatic carbocycles. The van der Waals surface area contributed by atoms with Crippen LogP contribution in [-0.2, 0) is 12.8 Å². The second-order valence-electron chi connectivity index (χ2n) is 6.19. The van der Waals surface area contributed by atoms with Gasteiger partial charge in [0, 0.05) is 17.8 Å². The summed E-state index contributed by atoms with van der Waals surface area (Å²) in [4.78, 5) is 9.49. The third kappa shape index (κ3) is 2.99. The lowest BCUT2D eigenvalue weighted by molar-refractivity contribution is 0.195. The van der Waals surface area contributed by atoms with Gasteiger partial charge in [-0.05, 0) is 56.5 Å². The van der Waals surface area contributed by atoms with Gasteiger partial charge in [-0.15, -0.1) is 0 Å². The van der Waals surface area contributed by atoms with Crippen LogP contribution in [0, 0.1) is 13.8 Å². The van der Waals surface area contributed by atoms with Crippen molar-refractivity contribution in [3.8, 4) is 5.69 Å². The number of hydrogen-bond acceptors (Lipinski definition) is 3. The van der Waals surface area contributed by atoms with E-state index in [9.17, 15) is 5.11 Å². The van der Waals surface area contributed by atoms with Gasteiger partial charge < -0.3 is 5.11 Å². The summed E-state index contributed by atoms with van der Waals surface area (Å²) < 4.78 is 2.14. The van der Waals surface area contributed by atoms with E-state index in [-0.39, 0.29) is 6.10 Å². The third-order valence-corrected chi connectivity index (χ3v) is 4.05. The lowest BCUT2D eigenvalue weighted by Gasteiger charge is -2.10. The number of fused-ring (bicyclic) bond motifs is 1. The van der Waals surface area contributed by atoms with E-state index in [1.165, 1.54) is 0 Å². The molecule has 23 heavy (non-hydrogen) atoms. The summed E-state index contributed by atoms with van der Waals surface area (Å²) in [6.45, 7) is 8.02. The van der Waals surface area contributed by atoms with Crippen molar-refractivity contribution in [2.24, 2.45) is 0 Å². The molecule has 0 aliphatic heterocycles. The van der Waals surface area contributed by atoms with Gasteiger partial charge in [0.2, 0.25) is 0 Å².